The van der Waals surface area contributed by atoms with Crippen LogP contribution in [0.2, 0.25) is 0 Å². The van der Waals surface area contributed by atoms with Crippen molar-refractivity contribution < 1.29 is 9.32 Å². The zero-order valence-electron chi connectivity index (χ0n) is 12.8. The Hall–Kier alpha value is -1.83. The van der Waals surface area contributed by atoms with Gasteiger partial charge in [-0.2, -0.15) is 4.98 Å². The molecule has 0 unspecified atom stereocenters. The van der Waals surface area contributed by atoms with Crippen LogP contribution in [0.1, 0.15) is 59.2 Å². The van der Waals surface area contributed by atoms with Gasteiger partial charge in [-0.1, -0.05) is 16.6 Å². The van der Waals surface area contributed by atoms with E-state index in [1.54, 1.807) is 0 Å². The first-order valence-electron chi connectivity index (χ1n) is 7.59. The van der Waals surface area contributed by atoms with Crippen LogP contribution in [0.25, 0.3) is 0 Å². The van der Waals surface area contributed by atoms with Crippen LogP contribution in [-0.4, -0.2) is 43.6 Å². The van der Waals surface area contributed by atoms with Crippen LogP contribution in [0.5, 0.6) is 0 Å². The number of amides is 1. The third kappa shape index (κ3) is 3.01. The van der Waals surface area contributed by atoms with Gasteiger partial charge < -0.3 is 9.42 Å². The predicted octanol–water partition coefficient (Wildman–Crippen LogP) is 2.20. The first-order chi connectivity index (χ1) is 10.7. The minimum absolute atomic E-state index is 0.00509. The number of piperidine rings is 1. The number of hydrogen-bond acceptors (Lipinski definition) is 7. The molecule has 3 rings (SSSR count). The first-order valence-corrected chi connectivity index (χ1v) is 8.37. The lowest BCUT2D eigenvalue weighted by Crippen LogP contribution is -2.39. The lowest BCUT2D eigenvalue weighted by Gasteiger charge is -2.30. The lowest BCUT2D eigenvalue weighted by atomic mass is 9.97. The van der Waals surface area contributed by atoms with Gasteiger partial charge in [0.05, 0.1) is 11.6 Å². The van der Waals surface area contributed by atoms with E-state index in [1.165, 1.54) is 0 Å². The van der Waals surface area contributed by atoms with E-state index >= 15 is 0 Å². The molecule has 3 heterocycles. The highest BCUT2D eigenvalue weighted by Gasteiger charge is 2.30. The zero-order valence-corrected chi connectivity index (χ0v) is 13.6. The van der Waals surface area contributed by atoms with Gasteiger partial charge in [-0.15, -0.1) is 5.10 Å². The molecule has 1 aliphatic rings. The second-order valence-electron chi connectivity index (χ2n) is 5.58. The quantitative estimate of drug-likeness (QED) is 0.858. The fraction of sp³-hybridized carbons (Fsp3) is 0.643. The van der Waals surface area contributed by atoms with Crippen LogP contribution in [0, 0.1) is 6.92 Å². The summed E-state index contributed by atoms with van der Waals surface area (Å²) in [5.41, 5.74) is 0.695. The van der Waals surface area contributed by atoms with Crippen LogP contribution in [0.15, 0.2) is 4.52 Å². The van der Waals surface area contributed by atoms with Gasteiger partial charge in [0.2, 0.25) is 5.89 Å². The van der Waals surface area contributed by atoms with Crippen LogP contribution >= 0.6 is 11.5 Å². The van der Waals surface area contributed by atoms with Crippen molar-refractivity contribution in [1.29, 1.82) is 0 Å². The molecule has 0 N–H and O–H groups in total. The van der Waals surface area contributed by atoms with Crippen molar-refractivity contribution in [3.8, 4) is 0 Å². The average Bonchev–Trinajstić information content (AvgIpc) is 3.16. The molecule has 1 amide bonds. The van der Waals surface area contributed by atoms with Gasteiger partial charge in [0.25, 0.3) is 5.91 Å². The fourth-order valence-corrected chi connectivity index (χ4v) is 3.32. The Morgan fingerprint density at radius 3 is 3.09 bits per heavy atom. The molecule has 0 bridgehead atoms. The Balaban J connectivity index is 1.71. The number of likely N-dealkylation sites (tertiary alicyclic amines) is 1. The molecule has 2 aromatic rings. The summed E-state index contributed by atoms with van der Waals surface area (Å²) in [5.74, 6) is 1.53. The van der Waals surface area contributed by atoms with Crippen molar-refractivity contribution in [3.05, 3.63) is 22.3 Å². The number of aromatic nitrogens is 4. The lowest BCUT2D eigenvalue weighted by molar-refractivity contribution is 0.0699. The maximum Gasteiger partial charge on any atom is 0.267 e. The summed E-state index contributed by atoms with van der Waals surface area (Å²) in [6.45, 7) is 5.27. The normalized spacial score (nSPS) is 18.6. The molecule has 1 saturated heterocycles. The molecule has 2 aromatic heterocycles. The first kappa shape index (κ1) is 15.1. The monoisotopic (exact) mass is 321 g/mol. The van der Waals surface area contributed by atoms with Crippen molar-refractivity contribution in [2.24, 2.45) is 0 Å². The zero-order chi connectivity index (χ0) is 15.5. The molecule has 22 heavy (non-hydrogen) atoms. The van der Waals surface area contributed by atoms with Crippen molar-refractivity contribution in [3.63, 3.8) is 0 Å². The second kappa shape index (κ2) is 6.51. The number of nitrogens with zero attached hydrogens (tertiary/aromatic N) is 5. The smallest absolute Gasteiger partial charge is 0.267 e. The van der Waals surface area contributed by atoms with E-state index in [4.69, 9.17) is 4.52 Å². The van der Waals surface area contributed by atoms with Crippen LogP contribution in [0.3, 0.4) is 0 Å². The predicted molar refractivity (Wildman–Crippen MR) is 80.8 cm³/mol. The molecule has 7 nitrogen and oxygen atoms in total. The van der Waals surface area contributed by atoms with E-state index in [1.807, 2.05) is 11.8 Å². The van der Waals surface area contributed by atoms with E-state index < -0.39 is 0 Å². The maximum atomic E-state index is 12.6. The SMILES string of the molecule is CCCc1noc([C@H]2CCCN(C(=O)c3snnc3C)C2)n1. The summed E-state index contributed by atoms with van der Waals surface area (Å²) in [6.07, 6.45) is 3.72. The Kier molecular flexibility index (Phi) is 4.47. The van der Waals surface area contributed by atoms with Crippen molar-refractivity contribution >= 4 is 17.4 Å². The Morgan fingerprint density at radius 2 is 2.36 bits per heavy atom. The molecule has 118 valence electrons. The molecule has 0 saturated carbocycles. The van der Waals surface area contributed by atoms with Gasteiger partial charge in [-0.05, 0) is 37.7 Å². The number of carbonyl (C=O) groups is 1. The molecule has 0 spiro atoms. The summed E-state index contributed by atoms with van der Waals surface area (Å²) in [7, 11) is 0. The topological polar surface area (TPSA) is 85.0 Å². The minimum atomic E-state index is 0.00509. The van der Waals surface area contributed by atoms with E-state index in [2.05, 4.69) is 26.7 Å². The third-order valence-electron chi connectivity index (χ3n) is 3.86. The average molecular weight is 321 g/mol. The van der Waals surface area contributed by atoms with Crippen molar-refractivity contribution in [2.75, 3.05) is 13.1 Å². The molecule has 1 aliphatic heterocycles. The summed E-state index contributed by atoms with van der Waals surface area (Å²) in [6, 6.07) is 0. The number of hydrogen-bond donors (Lipinski definition) is 0. The van der Waals surface area contributed by atoms with Crippen molar-refractivity contribution in [2.45, 2.75) is 45.4 Å². The highest BCUT2D eigenvalue weighted by molar-refractivity contribution is 7.07. The van der Waals surface area contributed by atoms with Crippen LogP contribution < -0.4 is 0 Å². The fourth-order valence-electron chi connectivity index (χ4n) is 2.69. The number of carbonyl (C=O) groups excluding carboxylic acids is 1. The van der Waals surface area contributed by atoms with Crippen LogP contribution in [-0.2, 0) is 6.42 Å². The Bertz CT molecular complexity index is 653. The van der Waals surface area contributed by atoms with E-state index in [-0.39, 0.29) is 11.8 Å². The van der Waals surface area contributed by atoms with Crippen molar-refractivity contribution in [1.82, 2.24) is 24.6 Å². The summed E-state index contributed by atoms with van der Waals surface area (Å²) in [4.78, 5) is 19.5. The van der Waals surface area contributed by atoms with E-state index in [9.17, 15) is 4.79 Å². The van der Waals surface area contributed by atoms with Gasteiger partial charge in [0.15, 0.2) is 5.82 Å². The molecule has 0 aliphatic carbocycles. The Morgan fingerprint density at radius 1 is 1.50 bits per heavy atom. The highest BCUT2D eigenvalue weighted by Crippen LogP contribution is 2.27. The van der Waals surface area contributed by atoms with Gasteiger partial charge in [-0.3, -0.25) is 4.79 Å². The molecule has 1 atom stereocenters. The highest BCUT2D eigenvalue weighted by atomic mass is 32.1. The largest absolute Gasteiger partial charge is 0.339 e. The Labute approximate surface area is 132 Å². The second-order valence-corrected chi connectivity index (χ2v) is 6.33. The van der Waals surface area contributed by atoms with Gasteiger partial charge >= 0.3 is 0 Å². The summed E-state index contributed by atoms with van der Waals surface area (Å²) >= 11 is 1.16. The van der Waals surface area contributed by atoms with Gasteiger partial charge in [0, 0.05) is 19.5 Å². The molecule has 8 heteroatoms. The van der Waals surface area contributed by atoms with Crippen LogP contribution in [0.4, 0.5) is 0 Å². The van der Waals surface area contributed by atoms with Gasteiger partial charge in [0.1, 0.15) is 4.88 Å². The molecule has 0 aromatic carbocycles. The third-order valence-corrected chi connectivity index (χ3v) is 4.68. The molecular weight excluding hydrogens is 302 g/mol. The minimum Gasteiger partial charge on any atom is -0.339 e. The molecular formula is C14H19N5O2S. The van der Waals surface area contributed by atoms with Gasteiger partial charge in [-0.25, -0.2) is 0 Å². The summed E-state index contributed by atoms with van der Waals surface area (Å²) < 4.78 is 9.22. The summed E-state index contributed by atoms with van der Waals surface area (Å²) in [5, 5.41) is 7.92. The molecule has 1 fully saturated rings. The number of rotatable bonds is 4. The van der Waals surface area contributed by atoms with E-state index in [0.29, 0.717) is 23.0 Å². The molecule has 0 radical (unpaired) electrons. The number of aryl methyl sites for hydroxylation is 2. The van der Waals surface area contributed by atoms with E-state index in [0.717, 1.165) is 49.6 Å². The maximum absolute atomic E-state index is 12.6. The standard InChI is InChI=1S/C14H19N5O2S/c1-3-5-11-15-13(21-17-11)10-6-4-7-19(8-10)14(20)12-9(2)16-18-22-12/h10H,3-8H2,1-2H3/t10-/m0/s1.